The van der Waals surface area contributed by atoms with Gasteiger partial charge in [0.15, 0.2) is 0 Å². The van der Waals surface area contributed by atoms with Crippen LogP contribution < -0.4 is 24.0 Å². The number of nitrogens with zero attached hydrogens (tertiary/aromatic N) is 2. The Bertz CT molecular complexity index is 829. The maximum Gasteiger partial charge on any atom is 0.418 e. The molecule has 0 N–H and O–H groups in total. The molecule has 0 bridgehead atoms. The average molecular weight is 517 g/mol. The van der Waals surface area contributed by atoms with Crippen LogP contribution in [-0.2, 0) is 17.3 Å². The Morgan fingerprint density at radius 1 is 1.14 bits per heavy atom. The molecule has 0 saturated carbocycles. The van der Waals surface area contributed by atoms with Gasteiger partial charge in [-0.25, -0.2) is 4.79 Å². The first-order valence-corrected chi connectivity index (χ1v) is 13.6. The number of hydrogen-bond donors (Lipinski definition) is 0. The molecule has 0 aliphatic heterocycles. The molecule has 6 heteroatoms. The van der Waals surface area contributed by atoms with E-state index in [0.29, 0.717) is 0 Å². The number of halogens is 1. The van der Waals surface area contributed by atoms with Crippen LogP contribution in [0.3, 0.4) is 0 Å². The smallest absolute Gasteiger partial charge is 0.418 e. The predicted octanol–water partition coefficient (Wildman–Crippen LogP) is 2.44. The minimum absolute atomic E-state index is 0. The number of ether oxygens (including phenoxy) is 1. The Hall–Kier alpha value is -0.863. The van der Waals surface area contributed by atoms with Crippen molar-refractivity contribution in [2.45, 2.75) is 65.5 Å². The maximum absolute atomic E-state index is 12.6. The second kappa shape index (κ2) is 8.88. The number of fused-ring (bicyclic) bond motifs is 1. The van der Waals surface area contributed by atoms with Crippen molar-refractivity contribution < 1.29 is 38.0 Å². The Balaban J connectivity index is 0.00000392. The summed E-state index contributed by atoms with van der Waals surface area (Å²) in [6.07, 6.45) is 1.54. The number of rotatable bonds is 5. The molecule has 1 aromatic heterocycles. The molecule has 0 spiro atoms. The summed E-state index contributed by atoms with van der Waals surface area (Å²) in [4.78, 5) is 12.6. The van der Waals surface area contributed by atoms with Crippen molar-refractivity contribution >= 4 is 25.1 Å². The van der Waals surface area contributed by atoms with E-state index in [9.17, 15) is 4.79 Å². The van der Waals surface area contributed by atoms with Crippen LogP contribution in [0.5, 0.6) is 0 Å². The molecular weight excluding hydrogens is 479 g/mol. The van der Waals surface area contributed by atoms with Crippen LogP contribution in [0.25, 0.3) is 10.9 Å². The largest absolute Gasteiger partial charge is 1.00 e. The molecule has 1 heterocycles. The Morgan fingerprint density at radius 3 is 2.25 bits per heavy atom. The topological polar surface area (TPSA) is 31.2 Å². The van der Waals surface area contributed by atoms with Gasteiger partial charge in [0.1, 0.15) is 12.1 Å². The van der Waals surface area contributed by atoms with Gasteiger partial charge in [0.25, 0.3) is 0 Å². The van der Waals surface area contributed by atoms with Crippen LogP contribution >= 0.6 is 0 Å². The van der Waals surface area contributed by atoms with Crippen molar-refractivity contribution in [1.82, 2.24) is 4.57 Å². The van der Waals surface area contributed by atoms with E-state index in [1.807, 2.05) is 27.0 Å². The van der Waals surface area contributed by atoms with Gasteiger partial charge in [-0.3, -0.25) is 4.57 Å². The average Bonchev–Trinajstić information content (AvgIpc) is 2.91. The summed E-state index contributed by atoms with van der Waals surface area (Å²) >= 11 is 0. The summed E-state index contributed by atoms with van der Waals surface area (Å²) in [5.74, 6) is 0. The molecule has 158 valence electrons. The van der Waals surface area contributed by atoms with Gasteiger partial charge in [-0.05, 0) is 51.4 Å². The zero-order valence-corrected chi connectivity index (χ0v) is 22.2. The highest BCUT2D eigenvalue weighted by Crippen LogP contribution is 2.29. The fourth-order valence-electron chi connectivity index (χ4n) is 3.26. The van der Waals surface area contributed by atoms with E-state index < -0.39 is 13.7 Å². The summed E-state index contributed by atoms with van der Waals surface area (Å²) in [7, 11) is 3.28. The van der Waals surface area contributed by atoms with E-state index in [-0.39, 0.29) is 30.1 Å². The van der Waals surface area contributed by atoms with E-state index in [1.54, 1.807) is 4.57 Å². The molecule has 0 amide bonds. The second-order valence-corrected chi connectivity index (χ2v) is 15.9. The summed E-state index contributed by atoms with van der Waals surface area (Å²) in [5, 5.41) is 1.18. The van der Waals surface area contributed by atoms with Gasteiger partial charge in [-0.15, -0.1) is 0 Å². The van der Waals surface area contributed by atoms with Gasteiger partial charge >= 0.3 is 6.09 Å². The van der Waals surface area contributed by atoms with Crippen LogP contribution in [0, 0.1) is 0 Å². The molecule has 0 unspecified atom stereocenters. The summed E-state index contributed by atoms with van der Waals surface area (Å²) in [6, 6.07) is 7.55. The van der Waals surface area contributed by atoms with Crippen molar-refractivity contribution in [1.29, 1.82) is 0 Å². The molecule has 2 rings (SSSR count). The highest BCUT2D eigenvalue weighted by atomic mass is 127. The third-order valence-electron chi connectivity index (χ3n) is 4.83. The molecule has 0 aliphatic carbocycles. The lowest BCUT2D eigenvalue weighted by Crippen LogP contribution is -3.00. The maximum atomic E-state index is 12.6. The molecule has 0 aliphatic rings. The number of hydrogen-bond acceptors (Lipinski definition) is 2. The molecule has 0 atom stereocenters. The molecule has 28 heavy (non-hydrogen) atoms. The Kier molecular flexibility index (Phi) is 7.98. The molecule has 2 aromatic rings. The normalized spacial score (nSPS) is 12.8. The zero-order chi connectivity index (χ0) is 20.6. The van der Waals surface area contributed by atoms with Gasteiger partial charge in [-0.2, -0.15) is 0 Å². The van der Waals surface area contributed by atoms with E-state index in [1.165, 1.54) is 16.5 Å². The molecule has 0 saturated heterocycles. The minimum Gasteiger partial charge on any atom is -1.00 e. The van der Waals surface area contributed by atoms with E-state index >= 15 is 0 Å². The quantitative estimate of drug-likeness (QED) is 0.348. The lowest BCUT2D eigenvalue weighted by molar-refractivity contribution is -0.901. The van der Waals surface area contributed by atoms with Crippen molar-refractivity contribution in [2.24, 2.45) is 0 Å². The Labute approximate surface area is 188 Å². The van der Waals surface area contributed by atoms with Gasteiger partial charge in [0.2, 0.25) is 0 Å². The summed E-state index contributed by atoms with van der Waals surface area (Å²) in [6.45, 7) is 17.2. The highest BCUT2D eigenvalue weighted by Gasteiger charge is 2.25. The minimum atomic E-state index is -1.25. The molecule has 4 nitrogen and oxygen atoms in total. The first-order chi connectivity index (χ1) is 12.2. The zero-order valence-electron chi connectivity index (χ0n) is 19.0. The number of carbonyl (C=O) groups excluding carboxylic acids is 1. The fourth-order valence-corrected chi connectivity index (χ4v) is 4.73. The van der Waals surface area contributed by atoms with Crippen LogP contribution in [0.4, 0.5) is 4.79 Å². The monoisotopic (exact) mass is 516 g/mol. The van der Waals surface area contributed by atoms with E-state index in [0.717, 1.165) is 29.1 Å². The fraction of sp³-hybridized carbons (Fsp3) is 0.591. The van der Waals surface area contributed by atoms with Crippen LogP contribution in [0.2, 0.25) is 19.6 Å². The van der Waals surface area contributed by atoms with Crippen molar-refractivity contribution in [3.05, 3.63) is 35.5 Å². The summed E-state index contributed by atoms with van der Waals surface area (Å²) < 4.78 is 8.16. The molecular formula is C22H37IN2O2Si. The van der Waals surface area contributed by atoms with E-state index in [2.05, 4.69) is 58.9 Å². The first-order valence-electron chi connectivity index (χ1n) is 9.90. The van der Waals surface area contributed by atoms with Gasteiger partial charge in [0.05, 0.1) is 26.2 Å². The predicted molar refractivity (Wildman–Crippen MR) is 117 cm³/mol. The lowest BCUT2D eigenvalue weighted by atomic mass is 10.0. The van der Waals surface area contributed by atoms with Crippen molar-refractivity contribution in [3.63, 3.8) is 0 Å². The molecule has 1 aromatic carbocycles. The second-order valence-electron chi connectivity index (χ2n) is 10.4. The van der Waals surface area contributed by atoms with Gasteiger partial charge in [0, 0.05) is 25.2 Å². The first kappa shape index (κ1) is 25.2. The van der Waals surface area contributed by atoms with Crippen molar-refractivity contribution in [2.75, 3.05) is 20.6 Å². The highest BCUT2D eigenvalue weighted by molar-refractivity contribution is 6.75. The molecule has 0 fully saturated rings. The number of benzene rings is 1. The van der Waals surface area contributed by atoms with Crippen LogP contribution in [0.1, 0.15) is 38.8 Å². The standard InChI is InChI=1S/C22H37N2O2Si.HI/c1-10-24(5,6)15-19-17(16-27(7,8)9)11-12-20-18(19)13-14-23(20)21(25)26-22(2,3)4;/h11-14H,10,15-16H2,1-9H3;1H/q+1;/p-1. The van der Waals surface area contributed by atoms with Gasteiger partial charge in [-0.1, -0.05) is 25.7 Å². The van der Waals surface area contributed by atoms with Crippen LogP contribution in [0.15, 0.2) is 24.4 Å². The SMILES string of the molecule is CC[N+](C)(C)Cc1c(C[Si](C)(C)C)ccc2c1ccn2C(=O)OC(C)(C)C.[I-]. The summed E-state index contributed by atoms with van der Waals surface area (Å²) in [5.41, 5.74) is 3.25. The third kappa shape index (κ3) is 6.59. The Morgan fingerprint density at radius 2 is 1.75 bits per heavy atom. The van der Waals surface area contributed by atoms with Crippen LogP contribution in [-0.4, -0.2) is 49.5 Å². The number of quaternary nitrogens is 1. The third-order valence-corrected chi connectivity index (χ3v) is 6.28. The number of aromatic nitrogens is 1. The van der Waals surface area contributed by atoms with E-state index in [4.69, 9.17) is 4.74 Å². The van der Waals surface area contributed by atoms with Crippen molar-refractivity contribution in [3.8, 4) is 0 Å². The number of carbonyl (C=O) groups is 1. The lowest BCUT2D eigenvalue weighted by Gasteiger charge is -2.30. The molecule has 0 radical (unpaired) electrons. The van der Waals surface area contributed by atoms with Gasteiger partial charge < -0.3 is 33.2 Å².